The number of hydrogen-bond donors (Lipinski definition) is 0. The monoisotopic (exact) mass is 415 g/mol. The number of aryl methyl sites for hydroxylation is 1. The van der Waals surface area contributed by atoms with Gasteiger partial charge in [-0.3, -0.25) is 4.90 Å². The highest BCUT2D eigenvalue weighted by molar-refractivity contribution is 7.96. The first-order valence-electron chi connectivity index (χ1n) is 9.36. The Labute approximate surface area is 162 Å². The highest BCUT2D eigenvalue weighted by Crippen LogP contribution is 2.35. The molecule has 0 spiro atoms. The molecule has 0 amide bonds. The number of methoxy groups -OCH3 is 1. The van der Waals surface area contributed by atoms with E-state index in [9.17, 15) is 16.8 Å². The fraction of sp³-hybridized carbons (Fsp3) is 0.684. The van der Waals surface area contributed by atoms with Crippen LogP contribution in [0.4, 0.5) is 0 Å². The molecular weight excluding hydrogens is 386 g/mol. The van der Waals surface area contributed by atoms with Crippen molar-refractivity contribution in [2.24, 2.45) is 11.8 Å². The number of benzene rings is 1. The lowest BCUT2D eigenvalue weighted by atomic mass is 9.91. The fourth-order valence-corrected chi connectivity index (χ4v) is 9.66. The van der Waals surface area contributed by atoms with Crippen molar-refractivity contribution in [3.05, 3.63) is 23.8 Å². The van der Waals surface area contributed by atoms with Crippen LogP contribution in [0.2, 0.25) is 0 Å². The van der Waals surface area contributed by atoms with Crippen molar-refractivity contribution in [1.29, 1.82) is 0 Å². The number of nitrogens with zero attached hydrogens (tertiary/aromatic N) is 1. The first kappa shape index (κ1) is 20.6. The molecule has 1 aromatic rings. The van der Waals surface area contributed by atoms with E-state index in [-0.39, 0.29) is 22.2 Å². The largest absolute Gasteiger partial charge is 0.495 e. The second-order valence-corrected chi connectivity index (χ2v) is 12.6. The molecule has 2 fully saturated rings. The molecule has 2 aliphatic heterocycles. The minimum absolute atomic E-state index is 0.0928. The highest BCUT2D eigenvalue weighted by atomic mass is 32.2. The molecule has 0 unspecified atom stereocenters. The van der Waals surface area contributed by atoms with Crippen LogP contribution < -0.4 is 4.74 Å². The van der Waals surface area contributed by atoms with Crippen LogP contribution in [0.3, 0.4) is 0 Å². The van der Waals surface area contributed by atoms with Crippen LogP contribution in [-0.2, 0) is 19.7 Å². The average Bonchev–Trinajstić information content (AvgIpc) is 2.90. The molecule has 6 nitrogen and oxygen atoms in total. The van der Waals surface area contributed by atoms with Crippen LogP contribution in [0.15, 0.2) is 23.1 Å². The maximum atomic E-state index is 13.5. The first-order valence-corrected chi connectivity index (χ1v) is 12.7. The summed E-state index contributed by atoms with van der Waals surface area (Å²) in [6, 6.07) is 4.49. The Kier molecular flexibility index (Phi) is 5.62. The summed E-state index contributed by atoms with van der Waals surface area (Å²) in [6.45, 7) is 7.57. The SMILES string of the molecule is COc1ccc(C)cc1S(=O)(=O)[C@H]1CS(=O)(=O)C[C@@H]1N1C[C@H](C)C[C@H](C)C1. The maximum absolute atomic E-state index is 13.5. The minimum Gasteiger partial charge on any atom is -0.495 e. The van der Waals surface area contributed by atoms with E-state index in [2.05, 4.69) is 18.7 Å². The quantitative estimate of drug-likeness (QED) is 0.747. The summed E-state index contributed by atoms with van der Waals surface area (Å²) in [6.07, 6.45) is 1.08. The molecule has 2 saturated heterocycles. The van der Waals surface area contributed by atoms with Gasteiger partial charge in [0.25, 0.3) is 0 Å². The van der Waals surface area contributed by atoms with E-state index >= 15 is 0 Å². The lowest BCUT2D eigenvalue weighted by molar-refractivity contribution is 0.107. The predicted octanol–water partition coefficient (Wildman–Crippen LogP) is 1.92. The molecule has 1 aromatic carbocycles. The molecule has 0 N–H and O–H groups in total. The number of ether oxygens (including phenoxy) is 1. The van der Waals surface area contributed by atoms with Crippen molar-refractivity contribution in [2.75, 3.05) is 31.7 Å². The van der Waals surface area contributed by atoms with Crippen LogP contribution in [0.25, 0.3) is 0 Å². The molecule has 0 bridgehead atoms. The standard InChI is InChI=1S/C19H29NO5S2/c1-13-5-6-17(25-4)18(8-13)27(23,24)19-12-26(21,22)11-16(19)20-9-14(2)7-15(3)10-20/h5-6,8,14-16,19H,7,9-12H2,1-4H3/t14-,15+,16-,19-/m0/s1. The second-order valence-electron chi connectivity index (χ2n) is 8.28. The Bertz CT molecular complexity index is 900. The predicted molar refractivity (Wildman–Crippen MR) is 106 cm³/mol. The number of likely N-dealkylation sites (tertiary alicyclic amines) is 1. The van der Waals surface area contributed by atoms with E-state index in [4.69, 9.17) is 4.74 Å². The van der Waals surface area contributed by atoms with Gasteiger partial charge in [0.15, 0.2) is 19.7 Å². The van der Waals surface area contributed by atoms with Gasteiger partial charge in [-0.2, -0.15) is 0 Å². The van der Waals surface area contributed by atoms with Gasteiger partial charge in [-0.1, -0.05) is 19.9 Å². The number of piperidine rings is 1. The molecule has 2 heterocycles. The molecule has 4 atom stereocenters. The van der Waals surface area contributed by atoms with E-state index in [1.807, 2.05) is 6.92 Å². The van der Waals surface area contributed by atoms with Gasteiger partial charge in [-0.05, 0) is 42.9 Å². The van der Waals surface area contributed by atoms with Gasteiger partial charge < -0.3 is 4.74 Å². The van der Waals surface area contributed by atoms with E-state index in [0.717, 1.165) is 25.1 Å². The van der Waals surface area contributed by atoms with Crippen molar-refractivity contribution in [1.82, 2.24) is 4.90 Å². The van der Waals surface area contributed by atoms with Crippen LogP contribution in [0, 0.1) is 18.8 Å². The number of hydrogen-bond acceptors (Lipinski definition) is 6. The Balaban J connectivity index is 2.03. The van der Waals surface area contributed by atoms with Crippen molar-refractivity contribution in [3.8, 4) is 5.75 Å². The molecule has 0 aromatic heterocycles. The Hall–Kier alpha value is -1.12. The minimum atomic E-state index is -3.85. The summed E-state index contributed by atoms with van der Waals surface area (Å²) in [7, 11) is -5.83. The number of rotatable bonds is 4. The van der Waals surface area contributed by atoms with Crippen molar-refractivity contribution in [3.63, 3.8) is 0 Å². The third-order valence-corrected chi connectivity index (χ3v) is 9.80. The Morgan fingerprint density at radius 2 is 1.74 bits per heavy atom. The zero-order chi connectivity index (χ0) is 20.0. The van der Waals surface area contributed by atoms with Gasteiger partial charge in [-0.25, -0.2) is 16.8 Å². The van der Waals surface area contributed by atoms with Crippen LogP contribution in [0.1, 0.15) is 25.8 Å². The molecule has 152 valence electrons. The summed E-state index contributed by atoms with van der Waals surface area (Å²) in [5.74, 6) is 0.702. The van der Waals surface area contributed by atoms with Crippen LogP contribution in [-0.4, -0.2) is 64.7 Å². The third kappa shape index (κ3) is 4.17. The van der Waals surface area contributed by atoms with Crippen molar-refractivity contribution >= 4 is 19.7 Å². The van der Waals surface area contributed by atoms with Crippen LogP contribution in [0.5, 0.6) is 5.75 Å². The lowest BCUT2D eigenvalue weighted by Gasteiger charge is -2.40. The summed E-state index contributed by atoms with van der Waals surface area (Å²) in [5.41, 5.74) is 0.798. The highest BCUT2D eigenvalue weighted by Gasteiger charge is 2.49. The summed E-state index contributed by atoms with van der Waals surface area (Å²) < 4.78 is 57.1. The van der Waals surface area contributed by atoms with Gasteiger partial charge in [0, 0.05) is 19.1 Å². The first-order chi connectivity index (χ1) is 12.5. The molecule has 0 aliphatic carbocycles. The summed E-state index contributed by atoms with van der Waals surface area (Å²) in [5, 5.41) is -0.962. The Morgan fingerprint density at radius 3 is 2.33 bits per heavy atom. The Morgan fingerprint density at radius 1 is 1.11 bits per heavy atom. The summed E-state index contributed by atoms with van der Waals surface area (Å²) >= 11 is 0. The van der Waals surface area contributed by atoms with Crippen molar-refractivity contribution < 1.29 is 21.6 Å². The third-order valence-electron chi connectivity index (χ3n) is 5.66. The smallest absolute Gasteiger partial charge is 0.187 e. The van der Waals surface area contributed by atoms with Gasteiger partial charge >= 0.3 is 0 Å². The van der Waals surface area contributed by atoms with Crippen LogP contribution >= 0.6 is 0 Å². The van der Waals surface area contributed by atoms with E-state index in [1.54, 1.807) is 18.2 Å². The molecule has 0 saturated carbocycles. The van der Waals surface area contributed by atoms with Gasteiger partial charge in [0.05, 0.1) is 23.9 Å². The molecule has 8 heteroatoms. The van der Waals surface area contributed by atoms with Gasteiger partial charge in [0.2, 0.25) is 0 Å². The second kappa shape index (κ2) is 7.37. The molecule has 3 rings (SSSR count). The maximum Gasteiger partial charge on any atom is 0.187 e. The van der Waals surface area contributed by atoms with E-state index in [0.29, 0.717) is 11.8 Å². The summed E-state index contributed by atoms with van der Waals surface area (Å²) in [4.78, 5) is 2.18. The topological polar surface area (TPSA) is 80.8 Å². The molecule has 27 heavy (non-hydrogen) atoms. The van der Waals surface area contributed by atoms with Gasteiger partial charge in [0.1, 0.15) is 10.6 Å². The zero-order valence-corrected chi connectivity index (χ0v) is 18.0. The van der Waals surface area contributed by atoms with Gasteiger partial charge in [-0.15, -0.1) is 0 Å². The molecule has 2 aliphatic rings. The molecular formula is C19H29NO5S2. The van der Waals surface area contributed by atoms with E-state index in [1.165, 1.54) is 7.11 Å². The normalized spacial score (nSPS) is 31.7. The van der Waals surface area contributed by atoms with Crippen molar-refractivity contribution in [2.45, 2.75) is 43.4 Å². The average molecular weight is 416 g/mol. The zero-order valence-electron chi connectivity index (χ0n) is 16.4. The lowest BCUT2D eigenvalue weighted by Crippen LogP contribution is -2.51. The van der Waals surface area contributed by atoms with E-state index < -0.39 is 31.0 Å². The number of sulfone groups is 2. The molecule has 0 radical (unpaired) electrons. The fourth-order valence-electron chi connectivity index (χ4n) is 4.59.